The van der Waals surface area contributed by atoms with Crippen LogP contribution in [0.25, 0.3) is 0 Å². The molecule has 21 heavy (non-hydrogen) atoms. The van der Waals surface area contributed by atoms with E-state index in [-0.39, 0.29) is 0 Å². The summed E-state index contributed by atoms with van der Waals surface area (Å²) in [4.78, 5) is 9.66. The maximum atomic E-state index is 6.43. The lowest BCUT2D eigenvalue weighted by Gasteiger charge is -2.21. The molecule has 1 aromatic rings. The van der Waals surface area contributed by atoms with Crippen LogP contribution in [-0.4, -0.2) is 9.97 Å². The fraction of sp³-hybridized carbons (Fsp3) is 0.765. The minimum Gasteiger partial charge on any atom is -0.236 e. The Morgan fingerprint density at radius 2 is 1.29 bits per heavy atom. The number of hydrogen-bond acceptors (Lipinski definition) is 2. The van der Waals surface area contributed by atoms with Gasteiger partial charge in [-0.1, -0.05) is 56.5 Å². The third-order valence-corrected chi connectivity index (χ3v) is 6.72. The summed E-state index contributed by atoms with van der Waals surface area (Å²) < 4.78 is 1.09. The Morgan fingerprint density at radius 1 is 0.762 bits per heavy atom. The van der Waals surface area contributed by atoms with Crippen molar-refractivity contribution in [3.05, 3.63) is 20.2 Å². The van der Waals surface area contributed by atoms with Gasteiger partial charge in [-0.2, -0.15) is 0 Å². The lowest BCUT2D eigenvalue weighted by atomic mass is 9.90. The normalized spacial score (nSPS) is 22.2. The largest absolute Gasteiger partial charge is 0.236 e. The number of nitrogens with zero attached hydrogens (tertiary/aromatic N) is 2. The number of aromatic nitrogens is 2. The summed E-state index contributed by atoms with van der Waals surface area (Å²) in [7, 11) is 0. The highest BCUT2D eigenvalue weighted by atomic mass is 127. The van der Waals surface area contributed by atoms with Crippen LogP contribution in [0.5, 0.6) is 0 Å². The second-order valence-electron chi connectivity index (χ2n) is 6.60. The van der Waals surface area contributed by atoms with Crippen molar-refractivity contribution in [1.29, 1.82) is 0 Å². The zero-order valence-electron chi connectivity index (χ0n) is 12.6. The van der Waals surface area contributed by atoms with Crippen molar-refractivity contribution in [2.24, 2.45) is 0 Å². The van der Waals surface area contributed by atoms with E-state index in [9.17, 15) is 0 Å². The molecule has 0 bridgehead atoms. The van der Waals surface area contributed by atoms with Crippen LogP contribution >= 0.6 is 34.2 Å². The summed E-state index contributed by atoms with van der Waals surface area (Å²) in [5.41, 5.74) is 1.24. The molecule has 0 aliphatic heterocycles. The van der Waals surface area contributed by atoms with Crippen molar-refractivity contribution >= 4 is 34.2 Å². The molecular formula is C17H24ClIN2. The molecule has 2 aliphatic rings. The number of halogens is 2. The topological polar surface area (TPSA) is 25.8 Å². The van der Waals surface area contributed by atoms with Crippen molar-refractivity contribution in [1.82, 2.24) is 9.97 Å². The standard InChI is InChI=1S/C17H24ClIN2/c18-16-14(19)15(12-8-6-7-9-12)20-17(21-16)13-10-4-2-1-3-5-11-13/h12-13H,1-11H2. The quantitative estimate of drug-likeness (QED) is 0.421. The molecule has 0 aromatic carbocycles. The minimum atomic E-state index is 0.528. The predicted octanol–water partition coefficient (Wildman–Crippen LogP) is 6.22. The SMILES string of the molecule is Clc1nc(C2CCCCCCC2)nc(C2CCCC2)c1I. The third kappa shape index (κ3) is 3.90. The fourth-order valence-corrected chi connectivity index (χ4v) is 4.68. The molecule has 0 N–H and O–H groups in total. The van der Waals surface area contributed by atoms with Crippen molar-refractivity contribution < 1.29 is 0 Å². The van der Waals surface area contributed by atoms with Crippen molar-refractivity contribution in [3.63, 3.8) is 0 Å². The molecule has 0 unspecified atom stereocenters. The molecule has 1 heterocycles. The Labute approximate surface area is 146 Å². The lowest BCUT2D eigenvalue weighted by Crippen LogP contribution is -2.12. The molecule has 2 aliphatic carbocycles. The Hall–Kier alpha value is 0.100. The van der Waals surface area contributed by atoms with Gasteiger partial charge in [0.15, 0.2) is 0 Å². The van der Waals surface area contributed by atoms with Gasteiger partial charge in [0.2, 0.25) is 0 Å². The van der Waals surface area contributed by atoms with E-state index in [1.54, 1.807) is 0 Å². The molecule has 2 fully saturated rings. The van der Waals surface area contributed by atoms with Crippen LogP contribution in [-0.2, 0) is 0 Å². The fourth-order valence-electron chi connectivity index (χ4n) is 3.82. The Kier molecular flexibility index (Phi) is 5.77. The summed E-state index contributed by atoms with van der Waals surface area (Å²) in [6.45, 7) is 0. The van der Waals surface area contributed by atoms with Crippen LogP contribution in [0.15, 0.2) is 0 Å². The summed E-state index contributed by atoms with van der Waals surface area (Å²) in [5, 5.41) is 0.685. The van der Waals surface area contributed by atoms with E-state index >= 15 is 0 Å². The lowest BCUT2D eigenvalue weighted by molar-refractivity contribution is 0.440. The van der Waals surface area contributed by atoms with E-state index in [1.165, 1.54) is 76.3 Å². The average molecular weight is 419 g/mol. The van der Waals surface area contributed by atoms with Crippen LogP contribution < -0.4 is 0 Å². The molecule has 2 nitrogen and oxygen atoms in total. The summed E-state index contributed by atoms with van der Waals surface area (Å²) >= 11 is 8.77. The molecule has 0 amide bonds. The van der Waals surface area contributed by atoms with Crippen LogP contribution in [0.1, 0.15) is 94.0 Å². The molecule has 4 heteroatoms. The van der Waals surface area contributed by atoms with Crippen molar-refractivity contribution in [2.75, 3.05) is 0 Å². The maximum Gasteiger partial charge on any atom is 0.146 e. The first-order chi connectivity index (χ1) is 10.3. The van der Waals surface area contributed by atoms with Gasteiger partial charge in [0.1, 0.15) is 11.0 Å². The zero-order valence-corrected chi connectivity index (χ0v) is 15.5. The van der Waals surface area contributed by atoms with E-state index < -0.39 is 0 Å². The molecule has 0 saturated heterocycles. The molecule has 0 atom stereocenters. The van der Waals surface area contributed by atoms with Crippen molar-refractivity contribution in [3.8, 4) is 0 Å². The summed E-state index contributed by atoms with van der Waals surface area (Å²) in [6.07, 6.45) is 14.4. The van der Waals surface area contributed by atoms with Gasteiger partial charge in [-0.15, -0.1) is 0 Å². The molecule has 1 aromatic heterocycles. The molecule has 0 spiro atoms. The second kappa shape index (κ2) is 7.58. The van der Waals surface area contributed by atoms with Crippen LogP contribution in [0, 0.1) is 3.57 Å². The Balaban J connectivity index is 1.86. The first kappa shape index (κ1) is 16.0. The van der Waals surface area contributed by atoms with E-state index in [2.05, 4.69) is 27.6 Å². The molecule has 2 saturated carbocycles. The highest BCUT2D eigenvalue weighted by molar-refractivity contribution is 14.1. The molecule has 116 valence electrons. The zero-order chi connectivity index (χ0) is 14.7. The van der Waals surface area contributed by atoms with Gasteiger partial charge in [-0.3, -0.25) is 0 Å². The van der Waals surface area contributed by atoms with Crippen LogP contribution in [0.3, 0.4) is 0 Å². The van der Waals surface area contributed by atoms with Crippen LogP contribution in [0.4, 0.5) is 0 Å². The van der Waals surface area contributed by atoms with Gasteiger partial charge < -0.3 is 0 Å². The highest BCUT2D eigenvalue weighted by Crippen LogP contribution is 2.38. The Bertz CT molecular complexity index is 478. The van der Waals surface area contributed by atoms with Gasteiger partial charge >= 0.3 is 0 Å². The average Bonchev–Trinajstić information content (AvgIpc) is 2.95. The third-order valence-electron chi connectivity index (χ3n) is 5.07. The summed E-state index contributed by atoms with van der Waals surface area (Å²) in [6, 6.07) is 0. The first-order valence-electron chi connectivity index (χ1n) is 8.48. The van der Waals surface area contributed by atoms with E-state index in [4.69, 9.17) is 16.6 Å². The van der Waals surface area contributed by atoms with Gasteiger partial charge in [-0.05, 0) is 48.3 Å². The maximum absolute atomic E-state index is 6.43. The van der Waals surface area contributed by atoms with Gasteiger partial charge in [0.25, 0.3) is 0 Å². The Morgan fingerprint density at radius 3 is 1.95 bits per heavy atom. The van der Waals surface area contributed by atoms with Gasteiger partial charge in [0, 0.05) is 11.8 Å². The highest BCUT2D eigenvalue weighted by Gasteiger charge is 2.25. The molecule has 0 radical (unpaired) electrons. The van der Waals surface area contributed by atoms with E-state index in [0.717, 1.165) is 9.39 Å². The monoisotopic (exact) mass is 418 g/mol. The van der Waals surface area contributed by atoms with Gasteiger partial charge in [0.05, 0.1) is 9.26 Å². The van der Waals surface area contributed by atoms with E-state index in [1.807, 2.05) is 0 Å². The number of hydrogen-bond donors (Lipinski definition) is 0. The smallest absolute Gasteiger partial charge is 0.146 e. The second-order valence-corrected chi connectivity index (χ2v) is 8.03. The minimum absolute atomic E-state index is 0.528. The first-order valence-corrected chi connectivity index (χ1v) is 9.94. The molecule has 3 rings (SSSR count). The number of rotatable bonds is 2. The van der Waals surface area contributed by atoms with Gasteiger partial charge in [-0.25, -0.2) is 9.97 Å². The van der Waals surface area contributed by atoms with Crippen molar-refractivity contribution in [2.45, 2.75) is 82.5 Å². The van der Waals surface area contributed by atoms with Crippen LogP contribution in [0.2, 0.25) is 5.15 Å². The predicted molar refractivity (Wildman–Crippen MR) is 96.0 cm³/mol. The van der Waals surface area contributed by atoms with E-state index in [0.29, 0.717) is 17.0 Å². The summed E-state index contributed by atoms with van der Waals surface area (Å²) in [5.74, 6) is 2.17. The molecular weight excluding hydrogens is 395 g/mol.